The van der Waals surface area contributed by atoms with Gasteiger partial charge in [-0.15, -0.1) is 0 Å². The first-order valence-electron chi connectivity index (χ1n) is 28.3. The summed E-state index contributed by atoms with van der Waals surface area (Å²) in [5.41, 5.74) is 0. The fourth-order valence-corrected chi connectivity index (χ4v) is 22.5. The molecule has 10 aliphatic carbocycles. The molecule has 59 heavy (non-hydrogen) atoms. The number of hydrogen-bond donors (Lipinski definition) is 0. The summed E-state index contributed by atoms with van der Waals surface area (Å²) in [7, 11) is 0. The van der Waals surface area contributed by atoms with E-state index in [9.17, 15) is 0 Å². The van der Waals surface area contributed by atoms with Crippen LogP contribution in [0.4, 0.5) is 0 Å². The smallest absolute Gasteiger partial charge is 0.0652 e. The van der Waals surface area contributed by atoms with Gasteiger partial charge in [-0.2, -0.15) is 11.8 Å². The highest BCUT2D eigenvalue weighted by Crippen LogP contribution is 2.62. The largest absolute Gasteiger partial charge is 0.374 e. The van der Waals surface area contributed by atoms with Crippen molar-refractivity contribution in [1.82, 2.24) is 4.90 Å². The van der Waals surface area contributed by atoms with Crippen LogP contribution in [0.5, 0.6) is 0 Å². The highest BCUT2D eigenvalue weighted by Gasteiger charge is 2.60. The molecule has 0 spiro atoms. The predicted molar refractivity (Wildman–Crippen MR) is 247 cm³/mol. The van der Waals surface area contributed by atoms with Crippen molar-refractivity contribution >= 4 is 11.8 Å². The lowest BCUT2D eigenvalue weighted by Gasteiger charge is -2.54. The van der Waals surface area contributed by atoms with Crippen LogP contribution in [0.15, 0.2) is 0 Å². The van der Waals surface area contributed by atoms with Gasteiger partial charge in [0.25, 0.3) is 0 Å². The first kappa shape index (κ1) is 40.8. The van der Waals surface area contributed by atoms with Crippen LogP contribution in [0.25, 0.3) is 0 Å². The van der Waals surface area contributed by atoms with Crippen molar-refractivity contribution in [1.29, 1.82) is 0 Å². The second-order valence-corrected chi connectivity index (χ2v) is 26.6. The molecule has 0 radical (unpaired) electrons. The summed E-state index contributed by atoms with van der Waals surface area (Å²) >= 11 is 2.45. The van der Waals surface area contributed by atoms with Crippen LogP contribution in [0.1, 0.15) is 225 Å². The third kappa shape index (κ3) is 7.85. The highest BCUT2D eigenvalue weighted by atomic mass is 32.2. The summed E-state index contributed by atoms with van der Waals surface area (Å²) in [5.74, 6) is 14.2. The van der Waals surface area contributed by atoms with Gasteiger partial charge in [-0.05, 0) is 218 Å². The van der Waals surface area contributed by atoms with Crippen LogP contribution in [-0.2, 0) is 4.74 Å². The van der Waals surface area contributed by atoms with Crippen molar-refractivity contribution in [3.63, 3.8) is 0 Å². The summed E-state index contributed by atoms with van der Waals surface area (Å²) in [5, 5.41) is 1.93. The lowest BCUT2D eigenvalue weighted by atomic mass is 9.59. The average Bonchev–Trinajstić information content (AvgIpc) is 3.88. The molecule has 16 atom stereocenters. The third-order valence-corrected chi connectivity index (χ3v) is 24.8. The average molecular weight is 826 g/mol. The van der Waals surface area contributed by atoms with Crippen LogP contribution < -0.4 is 0 Å². The van der Waals surface area contributed by atoms with Gasteiger partial charge in [-0.25, -0.2) is 0 Å². The standard InChI is InChI=1S/C56H91NOS/c1-2-10-36(11-3-1)37-22-27-43(28-23-37)57(44-29-24-39(25-30-44)47-16-8-13-38-12-4-5-14-46(38)47)45-31-26-40-34-42(21-20-41(40)35-45)48-17-9-18-49-50-32-33-53-54(56(50)58-55(48)49)51-15-6-7-19-52(51)59-53/h36-56H,1-35H2. The maximum absolute atomic E-state index is 7.62. The number of rotatable bonds is 6. The maximum atomic E-state index is 7.62. The zero-order valence-electron chi connectivity index (χ0n) is 38.1. The minimum atomic E-state index is 0.634. The quantitative estimate of drug-likeness (QED) is 0.265. The molecule has 0 bridgehead atoms. The minimum Gasteiger partial charge on any atom is -0.374 e. The van der Waals surface area contributed by atoms with Crippen molar-refractivity contribution in [3.05, 3.63) is 0 Å². The van der Waals surface area contributed by atoms with E-state index >= 15 is 0 Å². The lowest BCUT2D eigenvalue weighted by Crippen LogP contribution is -2.54. The molecule has 16 unspecified atom stereocenters. The molecule has 2 saturated heterocycles. The Kier molecular flexibility index (Phi) is 12.4. The second kappa shape index (κ2) is 17.9. The van der Waals surface area contributed by atoms with Crippen LogP contribution >= 0.6 is 11.8 Å². The normalized spacial score (nSPS) is 53.0. The first-order valence-corrected chi connectivity index (χ1v) is 29.3. The Morgan fingerprint density at radius 2 is 0.797 bits per heavy atom. The van der Waals surface area contributed by atoms with E-state index < -0.39 is 0 Å². The van der Waals surface area contributed by atoms with E-state index in [0.717, 1.165) is 111 Å². The van der Waals surface area contributed by atoms with E-state index in [0.29, 0.717) is 12.2 Å². The van der Waals surface area contributed by atoms with Crippen molar-refractivity contribution < 1.29 is 4.74 Å². The lowest BCUT2D eigenvalue weighted by molar-refractivity contribution is -0.0818. The van der Waals surface area contributed by atoms with Gasteiger partial charge in [0, 0.05) is 34.5 Å². The van der Waals surface area contributed by atoms with Gasteiger partial charge in [0.1, 0.15) is 0 Å². The summed E-state index contributed by atoms with van der Waals surface area (Å²) in [6, 6.07) is 2.73. The summed E-state index contributed by atoms with van der Waals surface area (Å²) in [6.45, 7) is 0. The van der Waals surface area contributed by atoms with Gasteiger partial charge in [0.2, 0.25) is 0 Å². The van der Waals surface area contributed by atoms with Crippen molar-refractivity contribution in [2.45, 2.75) is 266 Å². The molecule has 2 heterocycles. The number of ether oxygens (including phenoxy) is 1. The van der Waals surface area contributed by atoms with E-state index in [4.69, 9.17) is 4.74 Å². The number of nitrogens with zero attached hydrogens (tertiary/aromatic N) is 1. The Balaban J connectivity index is 0.707. The van der Waals surface area contributed by atoms with Gasteiger partial charge in [0.05, 0.1) is 12.2 Å². The van der Waals surface area contributed by atoms with Crippen LogP contribution in [0.2, 0.25) is 0 Å². The van der Waals surface area contributed by atoms with Gasteiger partial charge < -0.3 is 4.74 Å². The molecular formula is C56H91NOS. The molecule has 12 aliphatic rings. The minimum absolute atomic E-state index is 0.634. The molecule has 0 amide bonds. The number of hydrogen-bond acceptors (Lipinski definition) is 3. The van der Waals surface area contributed by atoms with E-state index in [-0.39, 0.29) is 0 Å². The van der Waals surface area contributed by atoms with Gasteiger partial charge in [-0.1, -0.05) is 83.5 Å². The van der Waals surface area contributed by atoms with E-state index in [1.807, 2.05) is 0 Å². The zero-order valence-corrected chi connectivity index (χ0v) is 39.0. The molecule has 10 saturated carbocycles. The molecule has 0 aromatic carbocycles. The summed E-state index contributed by atoms with van der Waals surface area (Å²) in [6.07, 6.45) is 55.5. The SMILES string of the molecule is C1CCC(C2CCC(N(C3CCC(C4CCCC5CCCCC54)CC3)C3CCC4CC(C5CCCC6C7CCC8SC9CCCCC9C8C7OC56)CCC4C3)CC2)CC1. The van der Waals surface area contributed by atoms with Gasteiger partial charge >= 0.3 is 0 Å². The molecule has 3 heteroatoms. The Morgan fingerprint density at radius 3 is 1.63 bits per heavy atom. The molecule has 12 fully saturated rings. The molecule has 332 valence electrons. The Hall–Kier alpha value is 0.270. The fraction of sp³-hybridized carbons (Fsp3) is 1.00. The number of thioether (sulfide) groups is 1. The molecule has 2 nitrogen and oxygen atoms in total. The monoisotopic (exact) mass is 826 g/mol. The van der Waals surface area contributed by atoms with Crippen LogP contribution in [-0.4, -0.2) is 45.7 Å². The van der Waals surface area contributed by atoms with E-state index in [1.165, 1.54) is 77.0 Å². The molecule has 2 aliphatic heterocycles. The Morgan fingerprint density at radius 1 is 0.288 bits per heavy atom. The first-order chi connectivity index (χ1) is 29.2. The van der Waals surface area contributed by atoms with E-state index in [2.05, 4.69) is 16.7 Å². The molecule has 0 N–H and O–H groups in total. The molecular weight excluding hydrogens is 735 g/mol. The predicted octanol–water partition coefficient (Wildman–Crippen LogP) is 15.1. The summed E-state index contributed by atoms with van der Waals surface area (Å²) in [4.78, 5) is 3.39. The van der Waals surface area contributed by atoms with Crippen molar-refractivity contribution in [3.8, 4) is 0 Å². The third-order valence-electron chi connectivity index (χ3n) is 22.9. The van der Waals surface area contributed by atoms with E-state index in [1.54, 1.807) is 148 Å². The second-order valence-electron chi connectivity index (χ2n) is 25.1. The van der Waals surface area contributed by atoms with Crippen LogP contribution in [0.3, 0.4) is 0 Å². The van der Waals surface area contributed by atoms with Gasteiger partial charge in [-0.3, -0.25) is 4.90 Å². The highest BCUT2D eigenvalue weighted by molar-refractivity contribution is 8.00. The maximum Gasteiger partial charge on any atom is 0.0652 e. The fourth-order valence-electron chi connectivity index (χ4n) is 20.4. The molecule has 12 rings (SSSR count). The molecule has 0 aromatic rings. The summed E-state index contributed by atoms with van der Waals surface area (Å²) < 4.78 is 7.62. The Bertz CT molecular complexity index is 1380. The van der Waals surface area contributed by atoms with Crippen molar-refractivity contribution in [2.24, 2.45) is 82.9 Å². The number of fused-ring (bicyclic) bond motifs is 9. The van der Waals surface area contributed by atoms with Crippen LogP contribution in [0, 0.1) is 82.9 Å². The van der Waals surface area contributed by atoms with Gasteiger partial charge in [0.15, 0.2) is 0 Å². The van der Waals surface area contributed by atoms with Crippen molar-refractivity contribution in [2.75, 3.05) is 0 Å². The topological polar surface area (TPSA) is 12.5 Å². The molecule has 0 aromatic heterocycles. The zero-order chi connectivity index (χ0) is 38.9. The Labute approximate surface area is 368 Å².